The number of hydrogen-bond donors (Lipinski definition) is 1. The maximum atomic E-state index is 13.0. The lowest BCUT2D eigenvalue weighted by Gasteiger charge is -2.26. The summed E-state index contributed by atoms with van der Waals surface area (Å²) in [6.07, 6.45) is 5.43. The van der Waals surface area contributed by atoms with Gasteiger partial charge in [0.05, 0.1) is 26.9 Å². The molecule has 2 heterocycles. The predicted molar refractivity (Wildman–Crippen MR) is 141 cm³/mol. The highest BCUT2D eigenvalue weighted by Crippen LogP contribution is 2.25. The summed E-state index contributed by atoms with van der Waals surface area (Å²) in [7, 11) is -7.20. The topological polar surface area (TPSA) is 113 Å². The number of carbonyl (C=O) groups is 1. The Balaban J connectivity index is 1.31. The molecule has 9 nitrogen and oxygen atoms in total. The first kappa shape index (κ1) is 27.8. The Labute approximate surface area is 223 Å². The Hall–Kier alpha value is -2.18. The number of benzene rings is 2. The maximum absolute atomic E-state index is 13.0. The number of rotatable bonds is 9. The van der Waals surface area contributed by atoms with E-state index in [1.54, 1.807) is 12.1 Å². The van der Waals surface area contributed by atoms with Gasteiger partial charge in [0.25, 0.3) is 5.91 Å². The standard InChI is InChI=1S/C25H32ClN3O6S2/c26-24-12-11-22(37(33,34)29-16-5-2-6-17-29)19-23(24)25(30)27-13-18-35-20-7-9-21(10-8-20)36(31,32)28-14-3-1-4-15-28/h7-12,19H,1-6,13-18H2,(H,27,30). The first-order valence-electron chi connectivity index (χ1n) is 12.5. The van der Waals surface area contributed by atoms with Crippen LogP contribution in [0.2, 0.25) is 5.02 Å². The highest BCUT2D eigenvalue weighted by molar-refractivity contribution is 7.89. The summed E-state index contributed by atoms with van der Waals surface area (Å²) in [5, 5.41) is 2.84. The van der Waals surface area contributed by atoms with E-state index in [9.17, 15) is 21.6 Å². The van der Waals surface area contributed by atoms with Crippen LogP contribution in [-0.4, -0.2) is 70.7 Å². The van der Waals surface area contributed by atoms with Crippen molar-refractivity contribution in [3.63, 3.8) is 0 Å². The summed E-state index contributed by atoms with van der Waals surface area (Å²) in [5.41, 5.74) is 0.0759. The molecular formula is C25H32ClN3O6S2. The number of nitrogens with zero attached hydrogens (tertiary/aromatic N) is 2. The molecule has 4 rings (SSSR count). The number of ether oxygens (including phenoxy) is 1. The molecule has 0 aromatic heterocycles. The molecule has 202 valence electrons. The van der Waals surface area contributed by atoms with Gasteiger partial charge in [-0.25, -0.2) is 16.8 Å². The molecule has 1 amide bonds. The van der Waals surface area contributed by atoms with E-state index in [1.165, 1.54) is 38.9 Å². The summed E-state index contributed by atoms with van der Waals surface area (Å²) < 4.78 is 60.0. The van der Waals surface area contributed by atoms with Crippen molar-refractivity contribution >= 4 is 37.6 Å². The van der Waals surface area contributed by atoms with Crippen LogP contribution in [0.25, 0.3) is 0 Å². The van der Waals surface area contributed by atoms with Gasteiger partial charge in [0.2, 0.25) is 20.0 Å². The molecule has 0 saturated carbocycles. The first-order valence-corrected chi connectivity index (χ1v) is 15.8. The largest absolute Gasteiger partial charge is 0.492 e. The number of amides is 1. The van der Waals surface area contributed by atoms with E-state index in [-0.39, 0.29) is 33.5 Å². The van der Waals surface area contributed by atoms with Crippen LogP contribution in [0.3, 0.4) is 0 Å². The minimum atomic E-state index is -3.69. The molecule has 0 atom stereocenters. The minimum absolute atomic E-state index is 0.0415. The van der Waals surface area contributed by atoms with Crippen LogP contribution in [0.5, 0.6) is 5.75 Å². The number of carbonyl (C=O) groups excluding carboxylic acids is 1. The number of halogens is 1. The van der Waals surface area contributed by atoms with Gasteiger partial charge in [0.1, 0.15) is 12.4 Å². The van der Waals surface area contributed by atoms with Crippen molar-refractivity contribution in [3.8, 4) is 5.75 Å². The molecule has 1 N–H and O–H groups in total. The number of piperidine rings is 2. The van der Waals surface area contributed by atoms with Crippen molar-refractivity contribution < 1.29 is 26.4 Å². The van der Waals surface area contributed by atoms with Crippen LogP contribution in [0, 0.1) is 0 Å². The lowest BCUT2D eigenvalue weighted by molar-refractivity contribution is 0.0947. The van der Waals surface area contributed by atoms with Crippen molar-refractivity contribution in [2.75, 3.05) is 39.3 Å². The summed E-state index contributed by atoms with van der Waals surface area (Å²) in [5.74, 6) is -0.0354. The highest BCUT2D eigenvalue weighted by Gasteiger charge is 2.28. The second-order valence-electron chi connectivity index (χ2n) is 9.15. The average Bonchev–Trinajstić information content (AvgIpc) is 2.92. The highest BCUT2D eigenvalue weighted by atomic mass is 35.5. The van der Waals surface area contributed by atoms with Gasteiger partial charge in [-0.05, 0) is 68.1 Å². The van der Waals surface area contributed by atoms with Crippen LogP contribution in [0.1, 0.15) is 48.9 Å². The average molecular weight is 570 g/mol. The zero-order valence-electron chi connectivity index (χ0n) is 20.6. The molecule has 2 aliphatic heterocycles. The van der Waals surface area contributed by atoms with Crippen LogP contribution in [0.4, 0.5) is 0 Å². The maximum Gasteiger partial charge on any atom is 0.252 e. The van der Waals surface area contributed by atoms with Gasteiger partial charge in [-0.15, -0.1) is 0 Å². The van der Waals surface area contributed by atoms with E-state index < -0.39 is 26.0 Å². The molecule has 37 heavy (non-hydrogen) atoms. The van der Waals surface area contributed by atoms with E-state index in [0.29, 0.717) is 31.9 Å². The SMILES string of the molecule is O=C(NCCOc1ccc(S(=O)(=O)N2CCCCC2)cc1)c1cc(S(=O)(=O)N2CCCCC2)ccc1Cl. The fraction of sp³-hybridized carbons (Fsp3) is 0.480. The van der Waals surface area contributed by atoms with Crippen LogP contribution >= 0.6 is 11.6 Å². The Morgan fingerprint density at radius 3 is 1.86 bits per heavy atom. The van der Waals surface area contributed by atoms with Crippen LogP contribution < -0.4 is 10.1 Å². The van der Waals surface area contributed by atoms with E-state index in [2.05, 4.69) is 5.32 Å². The van der Waals surface area contributed by atoms with Gasteiger partial charge < -0.3 is 10.1 Å². The van der Waals surface area contributed by atoms with Crippen LogP contribution in [0.15, 0.2) is 52.3 Å². The quantitative estimate of drug-likeness (QED) is 0.463. The Morgan fingerprint density at radius 1 is 0.784 bits per heavy atom. The lowest BCUT2D eigenvalue weighted by Crippen LogP contribution is -2.35. The minimum Gasteiger partial charge on any atom is -0.492 e. The zero-order valence-corrected chi connectivity index (χ0v) is 23.0. The van der Waals surface area contributed by atoms with Crippen molar-refractivity contribution in [1.82, 2.24) is 13.9 Å². The van der Waals surface area contributed by atoms with Gasteiger partial charge >= 0.3 is 0 Å². The second kappa shape index (κ2) is 12.1. The number of nitrogens with one attached hydrogen (secondary N) is 1. The molecule has 0 unspecified atom stereocenters. The Kier molecular flexibility index (Phi) is 9.12. The number of hydrogen-bond acceptors (Lipinski definition) is 6. The van der Waals surface area contributed by atoms with Crippen molar-refractivity contribution in [2.45, 2.75) is 48.3 Å². The van der Waals surface area contributed by atoms with Gasteiger partial charge in [-0.3, -0.25) is 4.79 Å². The monoisotopic (exact) mass is 569 g/mol. The molecule has 0 aliphatic carbocycles. The summed E-state index contributed by atoms with van der Waals surface area (Å²) in [4.78, 5) is 13.0. The summed E-state index contributed by atoms with van der Waals surface area (Å²) in [6, 6.07) is 10.4. The van der Waals surface area contributed by atoms with Crippen LogP contribution in [-0.2, 0) is 20.0 Å². The normalized spacial score (nSPS) is 17.9. The zero-order chi connectivity index (χ0) is 26.5. The van der Waals surface area contributed by atoms with Gasteiger partial charge in [-0.2, -0.15) is 8.61 Å². The second-order valence-corrected chi connectivity index (χ2v) is 13.4. The molecule has 2 saturated heterocycles. The molecule has 2 aliphatic rings. The van der Waals surface area contributed by atoms with E-state index >= 15 is 0 Å². The fourth-order valence-corrected chi connectivity index (χ4v) is 7.75. The van der Waals surface area contributed by atoms with E-state index in [0.717, 1.165) is 38.5 Å². The summed E-state index contributed by atoms with van der Waals surface area (Å²) >= 11 is 6.19. The molecule has 0 spiro atoms. The van der Waals surface area contributed by atoms with Crippen molar-refractivity contribution in [1.29, 1.82) is 0 Å². The van der Waals surface area contributed by atoms with Gasteiger partial charge in [0.15, 0.2) is 0 Å². The molecule has 2 aromatic rings. The third kappa shape index (κ3) is 6.64. The molecular weight excluding hydrogens is 538 g/mol. The molecule has 2 fully saturated rings. The smallest absolute Gasteiger partial charge is 0.252 e. The van der Waals surface area contributed by atoms with Crippen molar-refractivity contribution in [2.24, 2.45) is 0 Å². The predicted octanol–water partition coefficient (Wildman–Crippen LogP) is 3.50. The third-order valence-corrected chi connectivity index (χ3v) is 10.7. The van der Waals surface area contributed by atoms with Gasteiger partial charge in [0, 0.05) is 26.2 Å². The number of sulfonamides is 2. The summed E-state index contributed by atoms with van der Waals surface area (Å²) in [6.45, 7) is 2.29. The molecule has 2 aromatic carbocycles. The Bertz CT molecular complexity index is 1300. The van der Waals surface area contributed by atoms with Gasteiger partial charge in [-0.1, -0.05) is 24.4 Å². The van der Waals surface area contributed by atoms with E-state index in [4.69, 9.17) is 16.3 Å². The Morgan fingerprint density at radius 2 is 1.30 bits per heavy atom. The van der Waals surface area contributed by atoms with Crippen molar-refractivity contribution in [3.05, 3.63) is 53.1 Å². The van der Waals surface area contributed by atoms with E-state index in [1.807, 2.05) is 0 Å². The lowest BCUT2D eigenvalue weighted by atomic mass is 10.2. The fourth-order valence-electron chi connectivity index (χ4n) is 4.48. The molecule has 12 heteroatoms. The molecule has 0 radical (unpaired) electrons. The first-order chi connectivity index (χ1) is 17.7. The third-order valence-electron chi connectivity index (χ3n) is 6.57. The molecule has 0 bridgehead atoms.